The number of rotatable bonds is 3. The van der Waals surface area contributed by atoms with Crippen molar-refractivity contribution in [3.05, 3.63) is 47.3 Å². The third-order valence-electron chi connectivity index (χ3n) is 3.51. The molecule has 0 radical (unpaired) electrons. The molecule has 0 saturated carbocycles. The maximum Gasteiger partial charge on any atom is 0.342 e. The summed E-state index contributed by atoms with van der Waals surface area (Å²) in [4.78, 5) is 12.1. The number of phenolic OH excluding ortho intramolecular Hbond substituents is 1. The zero-order chi connectivity index (χ0) is 15.7. The van der Waals surface area contributed by atoms with Gasteiger partial charge in [0.05, 0.1) is 18.9 Å². The van der Waals surface area contributed by atoms with Crippen molar-refractivity contribution in [3.63, 3.8) is 0 Å². The smallest absolute Gasteiger partial charge is 0.342 e. The number of hydrogen-bond acceptors (Lipinski definition) is 5. The second-order valence-electron chi connectivity index (χ2n) is 4.71. The summed E-state index contributed by atoms with van der Waals surface area (Å²) in [5.41, 5.74) is 1.63. The summed E-state index contributed by atoms with van der Waals surface area (Å²) in [6.45, 7) is 0. The number of fused-ring (bicyclic) bond motifs is 1. The third-order valence-corrected chi connectivity index (χ3v) is 4.44. The fraction of sp³-hybridized carbons (Fsp3) is 0.118. The molecule has 3 aromatic rings. The third kappa shape index (κ3) is 2.29. The van der Waals surface area contributed by atoms with Gasteiger partial charge in [-0.1, -0.05) is 12.1 Å². The molecule has 0 atom stereocenters. The number of aromatic hydroxyl groups is 1. The lowest BCUT2D eigenvalue weighted by Crippen LogP contribution is -2.04. The van der Waals surface area contributed by atoms with Crippen LogP contribution in [0.3, 0.4) is 0 Å². The highest BCUT2D eigenvalue weighted by atomic mass is 32.1. The van der Waals surface area contributed by atoms with Gasteiger partial charge in [0.1, 0.15) is 17.1 Å². The molecule has 0 aliphatic heterocycles. The predicted octanol–water partition coefficient (Wildman–Crippen LogP) is 4.07. The molecule has 0 spiro atoms. The van der Waals surface area contributed by atoms with Crippen LogP contribution in [0, 0.1) is 0 Å². The quantitative estimate of drug-likeness (QED) is 0.740. The summed E-state index contributed by atoms with van der Waals surface area (Å²) in [5, 5.41) is 13.2. The standard InChI is InChI=1S/C17H14O4S/c1-20-12-5-3-10(4-6-12)13-9-11-7-8-22-16(11)15(18)14(13)17(19)21-2/h3-9,18H,1-2H3. The van der Waals surface area contributed by atoms with Gasteiger partial charge in [-0.25, -0.2) is 4.79 Å². The summed E-state index contributed by atoms with van der Waals surface area (Å²) in [5.74, 6) is 0.132. The zero-order valence-corrected chi connectivity index (χ0v) is 12.9. The van der Waals surface area contributed by atoms with Crippen LogP contribution in [0.2, 0.25) is 0 Å². The molecule has 22 heavy (non-hydrogen) atoms. The maximum atomic E-state index is 12.1. The highest BCUT2D eigenvalue weighted by Gasteiger charge is 2.21. The van der Waals surface area contributed by atoms with Crippen molar-refractivity contribution in [2.75, 3.05) is 14.2 Å². The van der Waals surface area contributed by atoms with Gasteiger partial charge in [0, 0.05) is 5.56 Å². The molecular formula is C17H14O4S. The van der Waals surface area contributed by atoms with Crippen LogP contribution >= 0.6 is 11.3 Å². The predicted molar refractivity (Wildman–Crippen MR) is 86.8 cm³/mol. The van der Waals surface area contributed by atoms with Crippen LogP contribution in [0.5, 0.6) is 11.5 Å². The van der Waals surface area contributed by atoms with E-state index in [1.54, 1.807) is 7.11 Å². The molecule has 0 amide bonds. The maximum absolute atomic E-state index is 12.1. The Labute approximate surface area is 131 Å². The fourth-order valence-corrected chi connectivity index (χ4v) is 3.23. The Bertz CT molecular complexity index is 834. The number of carbonyl (C=O) groups excluding carboxylic acids is 1. The summed E-state index contributed by atoms with van der Waals surface area (Å²) >= 11 is 1.39. The molecule has 1 aromatic heterocycles. The molecule has 5 heteroatoms. The van der Waals surface area contributed by atoms with E-state index in [1.807, 2.05) is 41.8 Å². The first-order valence-corrected chi connectivity index (χ1v) is 7.49. The second kappa shape index (κ2) is 5.69. The summed E-state index contributed by atoms with van der Waals surface area (Å²) in [6.07, 6.45) is 0. The van der Waals surface area contributed by atoms with E-state index in [1.165, 1.54) is 18.4 Å². The fourth-order valence-electron chi connectivity index (χ4n) is 2.40. The number of methoxy groups -OCH3 is 2. The number of carbonyl (C=O) groups is 1. The SMILES string of the molecule is COC(=O)c1c(-c2ccc(OC)cc2)cc2ccsc2c1O. The number of thiophene rings is 1. The molecule has 112 valence electrons. The van der Waals surface area contributed by atoms with Crippen molar-refractivity contribution in [1.82, 2.24) is 0 Å². The van der Waals surface area contributed by atoms with Crippen molar-refractivity contribution in [1.29, 1.82) is 0 Å². The van der Waals surface area contributed by atoms with Crippen LogP contribution < -0.4 is 4.74 Å². The van der Waals surface area contributed by atoms with E-state index in [9.17, 15) is 9.90 Å². The summed E-state index contributed by atoms with van der Waals surface area (Å²) in [6, 6.07) is 11.1. The largest absolute Gasteiger partial charge is 0.506 e. The molecular weight excluding hydrogens is 300 g/mol. The Morgan fingerprint density at radius 3 is 2.50 bits per heavy atom. The Hall–Kier alpha value is -2.53. The van der Waals surface area contributed by atoms with Crippen molar-refractivity contribution in [3.8, 4) is 22.6 Å². The van der Waals surface area contributed by atoms with Gasteiger partial charge in [-0.15, -0.1) is 11.3 Å². The number of benzene rings is 2. The van der Waals surface area contributed by atoms with Crippen molar-refractivity contribution >= 4 is 27.4 Å². The molecule has 2 aromatic carbocycles. The lowest BCUT2D eigenvalue weighted by molar-refractivity contribution is 0.0599. The summed E-state index contributed by atoms with van der Waals surface area (Å²) < 4.78 is 10.7. The first kappa shape index (κ1) is 14.4. The number of ether oxygens (including phenoxy) is 2. The lowest BCUT2D eigenvalue weighted by atomic mass is 9.97. The molecule has 0 aliphatic rings. The minimum atomic E-state index is -0.557. The van der Waals surface area contributed by atoms with Crippen LogP contribution in [0.15, 0.2) is 41.8 Å². The minimum Gasteiger partial charge on any atom is -0.506 e. The molecule has 1 N–H and O–H groups in total. The lowest BCUT2D eigenvalue weighted by Gasteiger charge is -2.12. The van der Waals surface area contributed by atoms with Gasteiger partial charge in [-0.05, 0) is 40.6 Å². The van der Waals surface area contributed by atoms with Gasteiger partial charge in [-0.3, -0.25) is 0 Å². The van der Waals surface area contributed by atoms with Crippen molar-refractivity contribution < 1.29 is 19.4 Å². The van der Waals surface area contributed by atoms with E-state index in [0.717, 1.165) is 16.7 Å². The first-order valence-electron chi connectivity index (χ1n) is 6.61. The van der Waals surface area contributed by atoms with Crippen molar-refractivity contribution in [2.24, 2.45) is 0 Å². The molecule has 0 fully saturated rings. The minimum absolute atomic E-state index is 0.0369. The van der Waals surface area contributed by atoms with E-state index >= 15 is 0 Å². The Kier molecular flexibility index (Phi) is 3.73. The molecule has 1 heterocycles. The van der Waals surface area contributed by atoms with E-state index in [-0.39, 0.29) is 11.3 Å². The molecule has 4 nitrogen and oxygen atoms in total. The zero-order valence-electron chi connectivity index (χ0n) is 12.1. The van der Waals surface area contributed by atoms with Gasteiger partial charge in [0.15, 0.2) is 0 Å². The van der Waals surface area contributed by atoms with Gasteiger partial charge >= 0.3 is 5.97 Å². The molecule has 3 rings (SSSR count). The molecule has 0 unspecified atom stereocenters. The van der Waals surface area contributed by atoms with Crippen molar-refractivity contribution in [2.45, 2.75) is 0 Å². The Balaban J connectivity index is 2.27. The molecule has 0 saturated heterocycles. The average Bonchev–Trinajstić information content (AvgIpc) is 3.03. The van der Waals surface area contributed by atoms with Gasteiger partial charge < -0.3 is 14.6 Å². The molecule has 0 bridgehead atoms. The highest BCUT2D eigenvalue weighted by Crippen LogP contribution is 2.40. The van der Waals surface area contributed by atoms with Gasteiger partial charge in [0.25, 0.3) is 0 Å². The number of hydrogen-bond donors (Lipinski definition) is 1. The second-order valence-corrected chi connectivity index (χ2v) is 5.62. The normalized spacial score (nSPS) is 10.6. The Morgan fingerprint density at radius 1 is 1.14 bits per heavy atom. The monoisotopic (exact) mass is 314 g/mol. The van der Waals surface area contributed by atoms with Crippen LogP contribution in [0.4, 0.5) is 0 Å². The van der Waals surface area contributed by atoms with Gasteiger partial charge in [0.2, 0.25) is 0 Å². The Morgan fingerprint density at radius 2 is 1.86 bits per heavy atom. The van der Waals surface area contributed by atoms with Gasteiger partial charge in [-0.2, -0.15) is 0 Å². The van der Waals surface area contributed by atoms with Crippen LogP contribution in [-0.2, 0) is 4.74 Å². The first-order chi connectivity index (χ1) is 10.7. The van der Waals surface area contributed by atoms with E-state index in [4.69, 9.17) is 9.47 Å². The average molecular weight is 314 g/mol. The van der Waals surface area contributed by atoms with E-state index < -0.39 is 5.97 Å². The van der Waals surface area contributed by atoms with E-state index in [0.29, 0.717) is 10.3 Å². The number of esters is 1. The van der Waals surface area contributed by atoms with E-state index in [2.05, 4.69) is 0 Å². The topological polar surface area (TPSA) is 55.8 Å². The van der Waals surface area contributed by atoms with Crippen LogP contribution in [-0.4, -0.2) is 25.3 Å². The van der Waals surface area contributed by atoms with Crippen LogP contribution in [0.25, 0.3) is 21.2 Å². The highest BCUT2D eigenvalue weighted by molar-refractivity contribution is 7.17. The summed E-state index contributed by atoms with van der Waals surface area (Å²) in [7, 11) is 2.90. The van der Waals surface area contributed by atoms with Crippen LogP contribution in [0.1, 0.15) is 10.4 Å². The molecule has 0 aliphatic carbocycles. The number of phenols is 1.